The van der Waals surface area contributed by atoms with E-state index in [2.05, 4.69) is 5.32 Å². The summed E-state index contributed by atoms with van der Waals surface area (Å²) >= 11 is 11.9. The van der Waals surface area contributed by atoms with Crippen LogP contribution in [0.15, 0.2) is 18.2 Å². The third-order valence-electron chi connectivity index (χ3n) is 2.99. The molecule has 3 nitrogen and oxygen atoms in total. The van der Waals surface area contributed by atoms with Crippen LogP contribution >= 0.6 is 23.2 Å². The average molecular weight is 274 g/mol. The Hall–Kier alpha value is -0.770. The summed E-state index contributed by atoms with van der Waals surface area (Å²) in [5.41, 5.74) is 0.273. The maximum absolute atomic E-state index is 12.0. The van der Waals surface area contributed by atoms with Crippen LogP contribution in [0.3, 0.4) is 0 Å². The quantitative estimate of drug-likeness (QED) is 0.871. The minimum Gasteiger partial charge on any atom is -0.391 e. The molecule has 0 aliphatic heterocycles. The number of nitrogens with one attached hydrogen (secondary N) is 1. The van der Waals surface area contributed by atoms with Gasteiger partial charge in [-0.2, -0.15) is 0 Å². The Morgan fingerprint density at radius 2 is 1.94 bits per heavy atom. The monoisotopic (exact) mass is 273 g/mol. The van der Waals surface area contributed by atoms with Crippen LogP contribution in [0.25, 0.3) is 0 Å². The van der Waals surface area contributed by atoms with E-state index in [0.29, 0.717) is 10.0 Å². The van der Waals surface area contributed by atoms with Gasteiger partial charge < -0.3 is 10.4 Å². The fraction of sp³-hybridized carbons (Fsp3) is 0.417. The molecule has 1 aliphatic carbocycles. The number of amides is 1. The maximum atomic E-state index is 12.0. The van der Waals surface area contributed by atoms with Crippen molar-refractivity contribution in [1.82, 2.24) is 5.32 Å². The summed E-state index contributed by atoms with van der Waals surface area (Å²) in [5, 5.41) is 13.1. The van der Waals surface area contributed by atoms with E-state index in [0.717, 1.165) is 19.3 Å². The number of aliphatic hydroxyl groups is 1. The minimum atomic E-state index is -0.472. The van der Waals surface area contributed by atoms with Gasteiger partial charge in [0.05, 0.1) is 27.8 Å². The summed E-state index contributed by atoms with van der Waals surface area (Å²) in [6.45, 7) is 0. The summed E-state index contributed by atoms with van der Waals surface area (Å²) < 4.78 is 0. The Balaban J connectivity index is 2.14. The predicted octanol–water partition coefficient (Wildman–Crippen LogP) is 2.64. The van der Waals surface area contributed by atoms with Crippen LogP contribution in [-0.4, -0.2) is 23.2 Å². The Morgan fingerprint density at radius 3 is 2.47 bits per heavy atom. The molecule has 1 amide bonds. The molecule has 5 heteroatoms. The first-order valence-corrected chi connectivity index (χ1v) is 6.28. The SMILES string of the molecule is O=C(N[C@@H]1CCC[C@H]1O)c1c(Cl)cccc1Cl. The van der Waals surface area contributed by atoms with Crippen LogP contribution in [0.2, 0.25) is 10.0 Å². The molecule has 0 aromatic heterocycles. The number of halogens is 2. The second-order valence-electron chi connectivity index (χ2n) is 4.17. The van der Waals surface area contributed by atoms with E-state index >= 15 is 0 Å². The van der Waals surface area contributed by atoms with Crippen molar-refractivity contribution >= 4 is 29.1 Å². The molecule has 0 saturated heterocycles. The molecule has 2 N–H and O–H groups in total. The van der Waals surface area contributed by atoms with Gasteiger partial charge in [0.2, 0.25) is 0 Å². The topological polar surface area (TPSA) is 49.3 Å². The molecule has 2 rings (SSSR count). The standard InChI is InChI=1S/C12H13Cl2NO2/c13-7-3-1-4-8(14)11(7)12(17)15-9-5-2-6-10(9)16/h1,3-4,9-10,16H,2,5-6H2,(H,15,17)/t9-,10-/m1/s1. The fourth-order valence-electron chi connectivity index (χ4n) is 2.06. The molecule has 1 aromatic carbocycles. The average Bonchev–Trinajstić information content (AvgIpc) is 2.64. The highest BCUT2D eigenvalue weighted by Gasteiger charge is 2.27. The van der Waals surface area contributed by atoms with Gasteiger partial charge in [-0.05, 0) is 31.4 Å². The lowest BCUT2D eigenvalue weighted by atomic mass is 10.1. The molecule has 0 unspecified atom stereocenters. The van der Waals surface area contributed by atoms with E-state index in [9.17, 15) is 9.90 Å². The molecule has 1 aromatic rings. The Kier molecular flexibility index (Phi) is 3.92. The highest BCUT2D eigenvalue weighted by molar-refractivity contribution is 6.39. The summed E-state index contributed by atoms with van der Waals surface area (Å²) in [5.74, 6) is -0.327. The lowest BCUT2D eigenvalue weighted by Gasteiger charge is -2.17. The summed E-state index contributed by atoms with van der Waals surface area (Å²) in [4.78, 5) is 12.0. The molecular weight excluding hydrogens is 261 g/mol. The molecule has 1 fully saturated rings. The normalized spacial score (nSPS) is 23.7. The first-order valence-electron chi connectivity index (χ1n) is 5.52. The zero-order valence-electron chi connectivity index (χ0n) is 9.12. The van der Waals surface area contributed by atoms with Gasteiger partial charge in [-0.25, -0.2) is 0 Å². The van der Waals surface area contributed by atoms with E-state index in [1.807, 2.05) is 0 Å². The minimum absolute atomic E-state index is 0.199. The van der Waals surface area contributed by atoms with E-state index in [1.54, 1.807) is 18.2 Å². The Morgan fingerprint density at radius 1 is 1.29 bits per heavy atom. The van der Waals surface area contributed by atoms with Gasteiger partial charge in [0.25, 0.3) is 5.91 Å². The molecule has 0 spiro atoms. The number of aliphatic hydroxyl groups excluding tert-OH is 1. The first-order chi connectivity index (χ1) is 8.09. The third kappa shape index (κ3) is 2.73. The second-order valence-corrected chi connectivity index (χ2v) is 4.99. The molecule has 2 atom stereocenters. The summed E-state index contributed by atoms with van der Waals surface area (Å²) in [7, 11) is 0. The van der Waals surface area contributed by atoms with Crippen molar-refractivity contribution in [3.8, 4) is 0 Å². The van der Waals surface area contributed by atoms with E-state index in [4.69, 9.17) is 23.2 Å². The third-order valence-corrected chi connectivity index (χ3v) is 3.62. The molecule has 1 aliphatic rings. The molecule has 92 valence electrons. The molecule has 0 radical (unpaired) electrons. The Bertz CT molecular complexity index is 416. The van der Waals surface area contributed by atoms with Gasteiger partial charge in [0.1, 0.15) is 0 Å². The number of rotatable bonds is 2. The van der Waals surface area contributed by atoms with E-state index in [1.165, 1.54) is 0 Å². The van der Waals surface area contributed by atoms with Crippen molar-refractivity contribution in [2.75, 3.05) is 0 Å². The Labute approximate surface area is 110 Å². The largest absolute Gasteiger partial charge is 0.391 e. The number of carbonyl (C=O) groups is 1. The fourth-order valence-corrected chi connectivity index (χ4v) is 2.63. The molecule has 17 heavy (non-hydrogen) atoms. The van der Waals surface area contributed by atoms with Crippen LogP contribution in [0.1, 0.15) is 29.6 Å². The van der Waals surface area contributed by atoms with Gasteiger partial charge in [0.15, 0.2) is 0 Å². The molecule has 1 saturated carbocycles. The zero-order valence-corrected chi connectivity index (χ0v) is 10.6. The van der Waals surface area contributed by atoms with Crippen LogP contribution < -0.4 is 5.32 Å². The molecule has 0 bridgehead atoms. The van der Waals surface area contributed by atoms with Crippen LogP contribution in [0.5, 0.6) is 0 Å². The van der Waals surface area contributed by atoms with Crippen molar-refractivity contribution in [3.05, 3.63) is 33.8 Å². The highest BCUT2D eigenvalue weighted by atomic mass is 35.5. The number of carbonyl (C=O) groups excluding carboxylic acids is 1. The van der Waals surface area contributed by atoms with E-state index in [-0.39, 0.29) is 17.5 Å². The van der Waals surface area contributed by atoms with Gasteiger partial charge in [-0.3, -0.25) is 4.79 Å². The van der Waals surface area contributed by atoms with Crippen molar-refractivity contribution in [2.24, 2.45) is 0 Å². The zero-order chi connectivity index (χ0) is 12.4. The summed E-state index contributed by atoms with van der Waals surface area (Å²) in [6, 6.07) is 4.72. The van der Waals surface area contributed by atoms with Gasteiger partial charge >= 0.3 is 0 Å². The van der Waals surface area contributed by atoms with E-state index < -0.39 is 6.10 Å². The second kappa shape index (κ2) is 5.25. The molecular formula is C12H13Cl2NO2. The van der Waals surface area contributed by atoms with Crippen molar-refractivity contribution < 1.29 is 9.90 Å². The van der Waals surface area contributed by atoms with Crippen molar-refractivity contribution in [3.63, 3.8) is 0 Å². The highest BCUT2D eigenvalue weighted by Crippen LogP contribution is 2.25. The van der Waals surface area contributed by atoms with Gasteiger partial charge in [-0.15, -0.1) is 0 Å². The van der Waals surface area contributed by atoms with Gasteiger partial charge in [-0.1, -0.05) is 29.3 Å². The number of benzene rings is 1. The molecule has 0 heterocycles. The van der Waals surface area contributed by atoms with Crippen LogP contribution in [0, 0.1) is 0 Å². The maximum Gasteiger partial charge on any atom is 0.254 e. The number of hydrogen-bond acceptors (Lipinski definition) is 2. The summed E-state index contributed by atoms with van der Waals surface area (Å²) in [6.07, 6.45) is 1.96. The first kappa shape index (κ1) is 12.7. The van der Waals surface area contributed by atoms with Crippen molar-refractivity contribution in [1.29, 1.82) is 0 Å². The predicted molar refractivity (Wildman–Crippen MR) is 67.6 cm³/mol. The van der Waals surface area contributed by atoms with Crippen LogP contribution in [-0.2, 0) is 0 Å². The van der Waals surface area contributed by atoms with Crippen LogP contribution in [0.4, 0.5) is 0 Å². The van der Waals surface area contributed by atoms with Gasteiger partial charge in [0, 0.05) is 0 Å². The van der Waals surface area contributed by atoms with Crippen molar-refractivity contribution in [2.45, 2.75) is 31.4 Å². The lowest BCUT2D eigenvalue weighted by Crippen LogP contribution is -2.40. The lowest BCUT2D eigenvalue weighted by molar-refractivity contribution is 0.0873. The smallest absolute Gasteiger partial charge is 0.254 e. The number of hydrogen-bond donors (Lipinski definition) is 2.